The maximum atomic E-state index is 5.89. The zero-order chi connectivity index (χ0) is 12.9. The van der Waals surface area contributed by atoms with Gasteiger partial charge in [0.2, 0.25) is 0 Å². The normalized spacial score (nSPS) is 11.8. The first-order valence-electron chi connectivity index (χ1n) is 6.10. The van der Waals surface area contributed by atoms with Crippen LogP contribution in [0.15, 0.2) is 24.3 Å². The van der Waals surface area contributed by atoms with Gasteiger partial charge in [0, 0.05) is 12.4 Å². The lowest BCUT2D eigenvalue weighted by Gasteiger charge is -2.09. The predicted molar refractivity (Wildman–Crippen MR) is 74.5 cm³/mol. The largest absolute Gasteiger partial charge is 0.382 e. The number of aryl methyl sites for hydroxylation is 1. The Bertz CT molecular complexity index is 740. The van der Waals surface area contributed by atoms with Crippen molar-refractivity contribution >= 4 is 27.8 Å². The van der Waals surface area contributed by atoms with Crippen molar-refractivity contribution < 1.29 is 0 Å². The Morgan fingerprint density at radius 3 is 2.78 bits per heavy atom. The fourth-order valence-corrected chi connectivity index (χ4v) is 2.38. The Morgan fingerprint density at radius 1 is 1.28 bits per heavy atom. The molecule has 0 radical (unpaired) electrons. The molecule has 4 heteroatoms. The Kier molecular flexibility index (Phi) is 2.26. The molecule has 0 atom stereocenters. The van der Waals surface area contributed by atoms with Gasteiger partial charge >= 0.3 is 0 Å². The second-order valence-electron chi connectivity index (χ2n) is 4.94. The van der Waals surface area contributed by atoms with Crippen LogP contribution in [0.3, 0.4) is 0 Å². The van der Waals surface area contributed by atoms with Gasteiger partial charge in [-0.05, 0) is 17.5 Å². The molecule has 0 aliphatic rings. The predicted octanol–water partition coefficient (Wildman–Crippen LogP) is 2.83. The Labute approximate surface area is 105 Å². The highest BCUT2D eigenvalue weighted by Crippen LogP contribution is 2.28. The van der Waals surface area contributed by atoms with Crippen molar-refractivity contribution in [1.82, 2.24) is 14.8 Å². The molecule has 18 heavy (non-hydrogen) atoms. The Hall–Kier alpha value is -2.10. The first-order chi connectivity index (χ1) is 8.58. The number of anilines is 1. The first-order valence-corrected chi connectivity index (χ1v) is 6.10. The first kappa shape index (κ1) is 11.0. The standard InChI is InChI=1S/C14H16N4/c1-8(2)10-6-4-5-9-7-11-13(15)17-18(3)14(11)16-12(9)10/h4-8H,1-3H3,(H2,15,17). The third-order valence-corrected chi connectivity index (χ3v) is 3.32. The lowest BCUT2D eigenvalue weighted by molar-refractivity contribution is 0.792. The molecule has 1 aromatic carbocycles. The number of nitrogen functional groups attached to an aromatic ring is 1. The van der Waals surface area contributed by atoms with E-state index < -0.39 is 0 Å². The van der Waals surface area contributed by atoms with Crippen LogP contribution in [-0.4, -0.2) is 14.8 Å². The van der Waals surface area contributed by atoms with Crippen molar-refractivity contribution in [1.29, 1.82) is 0 Å². The number of rotatable bonds is 1. The van der Waals surface area contributed by atoms with Crippen molar-refractivity contribution in [2.75, 3.05) is 5.73 Å². The van der Waals surface area contributed by atoms with E-state index in [2.05, 4.69) is 43.2 Å². The average Bonchev–Trinajstić information content (AvgIpc) is 2.61. The summed E-state index contributed by atoms with van der Waals surface area (Å²) in [5, 5.41) is 6.26. The highest BCUT2D eigenvalue weighted by molar-refractivity contribution is 5.97. The van der Waals surface area contributed by atoms with Crippen molar-refractivity contribution in [2.45, 2.75) is 19.8 Å². The van der Waals surface area contributed by atoms with Gasteiger partial charge in [-0.3, -0.25) is 0 Å². The van der Waals surface area contributed by atoms with Gasteiger partial charge in [0.05, 0.1) is 10.9 Å². The van der Waals surface area contributed by atoms with Gasteiger partial charge in [-0.25, -0.2) is 9.67 Å². The molecule has 92 valence electrons. The topological polar surface area (TPSA) is 56.7 Å². The van der Waals surface area contributed by atoms with E-state index in [0.29, 0.717) is 11.7 Å². The summed E-state index contributed by atoms with van der Waals surface area (Å²) in [5.41, 5.74) is 9.04. The van der Waals surface area contributed by atoms with Crippen molar-refractivity contribution in [3.8, 4) is 0 Å². The summed E-state index contributed by atoms with van der Waals surface area (Å²) in [7, 11) is 1.87. The molecule has 0 aliphatic heterocycles. The summed E-state index contributed by atoms with van der Waals surface area (Å²) < 4.78 is 1.74. The summed E-state index contributed by atoms with van der Waals surface area (Å²) in [4.78, 5) is 4.74. The van der Waals surface area contributed by atoms with Crippen LogP contribution in [0.2, 0.25) is 0 Å². The van der Waals surface area contributed by atoms with E-state index in [-0.39, 0.29) is 0 Å². The number of hydrogen-bond acceptors (Lipinski definition) is 3. The minimum Gasteiger partial charge on any atom is -0.382 e. The van der Waals surface area contributed by atoms with E-state index in [9.17, 15) is 0 Å². The molecule has 0 unspecified atom stereocenters. The van der Waals surface area contributed by atoms with Crippen LogP contribution in [-0.2, 0) is 7.05 Å². The summed E-state index contributed by atoms with van der Waals surface area (Å²) in [6.45, 7) is 4.36. The number of nitrogens with two attached hydrogens (primary N) is 1. The highest BCUT2D eigenvalue weighted by atomic mass is 15.3. The summed E-state index contributed by atoms with van der Waals surface area (Å²) in [6, 6.07) is 8.34. The molecule has 0 bridgehead atoms. The smallest absolute Gasteiger partial charge is 0.160 e. The van der Waals surface area contributed by atoms with Gasteiger partial charge in [0.1, 0.15) is 0 Å². The lowest BCUT2D eigenvalue weighted by atomic mass is 9.99. The van der Waals surface area contributed by atoms with Crippen molar-refractivity contribution in [3.05, 3.63) is 29.8 Å². The van der Waals surface area contributed by atoms with Crippen LogP contribution in [0.1, 0.15) is 25.3 Å². The fraction of sp³-hybridized carbons (Fsp3) is 0.286. The van der Waals surface area contributed by atoms with E-state index in [1.165, 1.54) is 5.56 Å². The molecule has 3 aromatic rings. The minimum absolute atomic E-state index is 0.448. The zero-order valence-electron chi connectivity index (χ0n) is 10.8. The van der Waals surface area contributed by atoms with Crippen LogP contribution in [0.4, 0.5) is 5.82 Å². The minimum atomic E-state index is 0.448. The van der Waals surface area contributed by atoms with Crippen molar-refractivity contribution in [3.63, 3.8) is 0 Å². The number of aromatic nitrogens is 3. The van der Waals surface area contributed by atoms with Crippen LogP contribution >= 0.6 is 0 Å². The van der Waals surface area contributed by atoms with Gasteiger partial charge in [-0.1, -0.05) is 32.0 Å². The van der Waals surface area contributed by atoms with Crippen LogP contribution in [0.25, 0.3) is 21.9 Å². The SMILES string of the molecule is CC(C)c1cccc2cc3c(N)nn(C)c3nc12. The van der Waals surface area contributed by atoms with E-state index >= 15 is 0 Å². The summed E-state index contributed by atoms with van der Waals surface area (Å²) in [5.74, 6) is 0.987. The Morgan fingerprint density at radius 2 is 2.06 bits per heavy atom. The number of hydrogen-bond donors (Lipinski definition) is 1. The third kappa shape index (κ3) is 1.45. The zero-order valence-corrected chi connectivity index (χ0v) is 10.8. The van der Waals surface area contributed by atoms with Crippen LogP contribution < -0.4 is 5.73 Å². The molecule has 0 fully saturated rings. The molecular formula is C14H16N4. The van der Waals surface area contributed by atoms with Gasteiger partial charge in [-0.2, -0.15) is 5.10 Å². The van der Waals surface area contributed by atoms with E-state index in [0.717, 1.165) is 21.9 Å². The molecule has 2 N–H and O–H groups in total. The molecule has 0 spiro atoms. The molecule has 0 saturated carbocycles. The number of benzene rings is 1. The number of nitrogens with zero attached hydrogens (tertiary/aromatic N) is 3. The Balaban J connectivity index is 2.47. The molecule has 0 amide bonds. The summed E-state index contributed by atoms with van der Waals surface area (Å²) >= 11 is 0. The number of para-hydroxylation sites is 1. The van der Waals surface area contributed by atoms with Gasteiger partial charge < -0.3 is 5.73 Å². The lowest BCUT2D eigenvalue weighted by Crippen LogP contribution is -1.95. The maximum Gasteiger partial charge on any atom is 0.160 e. The quantitative estimate of drug-likeness (QED) is 0.711. The van der Waals surface area contributed by atoms with E-state index in [4.69, 9.17) is 10.7 Å². The monoisotopic (exact) mass is 240 g/mol. The molecular weight excluding hydrogens is 224 g/mol. The molecule has 0 saturated heterocycles. The van der Waals surface area contributed by atoms with E-state index in [1.54, 1.807) is 4.68 Å². The number of fused-ring (bicyclic) bond motifs is 2. The second-order valence-corrected chi connectivity index (χ2v) is 4.94. The fourth-order valence-electron chi connectivity index (χ4n) is 2.38. The van der Waals surface area contributed by atoms with Gasteiger partial charge in [0.15, 0.2) is 11.5 Å². The number of pyridine rings is 1. The molecule has 0 aliphatic carbocycles. The van der Waals surface area contributed by atoms with E-state index in [1.807, 2.05) is 7.05 Å². The summed E-state index contributed by atoms with van der Waals surface area (Å²) in [6.07, 6.45) is 0. The third-order valence-electron chi connectivity index (χ3n) is 3.32. The van der Waals surface area contributed by atoms with Gasteiger partial charge in [0.25, 0.3) is 0 Å². The average molecular weight is 240 g/mol. The highest BCUT2D eigenvalue weighted by Gasteiger charge is 2.12. The second kappa shape index (κ2) is 3.70. The molecule has 3 rings (SSSR count). The molecule has 2 heterocycles. The molecule has 2 aromatic heterocycles. The molecule has 4 nitrogen and oxygen atoms in total. The van der Waals surface area contributed by atoms with Crippen LogP contribution in [0, 0.1) is 0 Å². The van der Waals surface area contributed by atoms with Gasteiger partial charge in [-0.15, -0.1) is 0 Å². The van der Waals surface area contributed by atoms with Crippen LogP contribution in [0.5, 0.6) is 0 Å². The van der Waals surface area contributed by atoms with Crippen molar-refractivity contribution in [2.24, 2.45) is 7.05 Å². The maximum absolute atomic E-state index is 5.89.